The molecule has 3 nitrogen and oxygen atoms in total. The van der Waals surface area contributed by atoms with Gasteiger partial charge in [0, 0.05) is 11.9 Å². The van der Waals surface area contributed by atoms with Gasteiger partial charge in [-0.05, 0) is 30.5 Å². The van der Waals surface area contributed by atoms with Crippen LogP contribution in [0.5, 0.6) is 11.5 Å². The van der Waals surface area contributed by atoms with E-state index in [0.717, 1.165) is 35.4 Å². The number of alkyl halides is 1. The molecule has 0 aliphatic carbocycles. The Balaban J connectivity index is 2.34. The molecule has 1 aromatic rings. The van der Waals surface area contributed by atoms with Gasteiger partial charge < -0.3 is 14.2 Å². The van der Waals surface area contributed by atoms with Crippen molar-refractivity contribution < 1.29 is 14.2 Å². The molecule has 0 aromatic heterocycles. The molecule has 0 aliphatic heterocycles. The van der Waals surface area contributed by atoms with Gasteiger partial charge in [-0.1, -0.05) is 28.4 Å². The van der Waals surface area contributed by atoms with Gasteiger partial charge in [-0.2, -0.15) is 0 Å². The van der Waals surface area contributed by atoms with E-state index in [9.17, 15) is 0 Å². The van der Waals surface area contributed by atoms with E-state index in [1.807, 2.05) is 18.2 Å². The van der Waals surface area contributed by atoms with Crippen LogP contribution >= 0.6 is 15.9 Å². The molecular formula is C14H21BrO3. The summed E-state index contributed by atoms with van der Waals surface area (Å²) in [6.07, 6.45) is 3.52. The van der Waals surface area contributed by atoms with E-state index in [-0.39, 0.29) is 0 Å². The summed E-state index contributed by atoms with van der Waals surface area (Å²) in [7, 11) is 3.28. The Morgan fingerprint density at radius 1 is 1.00 bits per heavy atom. The van der Waals surface area contributed by atoms with Crippen molar-refractivity contribution in [2.45, 2.75) is 25.9 Å². The molecule has 0 amide bonds. The first-order valence-corrected chi connectivity index (χ1v) is 7.28. The molecule has 1 aromatic carbocycles. The first-order valence-electron chi connectivity index (χ1n) is 6.16. The molecule has 0 spiro atoms. The molecule has 0 saturated heterocycles. The van der Waals surface area contributed by atoms with Gasteiger partial charge in [0.05, 0.1) is 20.8 Å². The molecule has 0 atom stereocenters. The zero-order chi connectivity index (χ0) is 13.2. The van der Waals surface area contributed by atoms with Crippen molar-refractivity contribution in [2.24, 2.45) is 0 Å². The lowest BCUT2D eigenvalue weighted by molar-refractivity contribution is 0.117. The van der Waals surface area contributed by atoms with Crippen molar-refractivity contribution in [1.29, 1.82) is 0 Å². The van der Waals surface area contributed by atoms with Crippen LogP contribution in [0.2, 0.25) is 0 Å². The second kappa shape index (κ2) is 9.22. The Morgan fingerprint density at radius 2 is 1.78 bits per heavy atom. The normalized spacial score (nSPS) is 10.4. The summed E-state index contributed by atoms with van der Waals surface area (Å²) in [5, 5.41) is 1.07. The van der Waals surface area contributed by atoms with Crippen LogP contribution in [0, 0.1) is 0 Å². The molecule has 0 N–H and O–H groups in total. The van der Waals surface area contributed by atoms with Gasteiger partial charge >= 0.3 is 0 Å². The maximum absolute atomic E-state index is 5.63. The van der Waals surface area contributed by atoms with E-state index in [1.54, 1.807) is 14.2 Å². The van der Waals surface area contributed by atoms with E-state index in [2.05, 4.69) is 15.9 Å². The SMILES string of the molecule is COc1ccc(COCCCCCBr)cc1OC. The van der Waals surface area contributed by atoms with Gasteiger partial charge in [0.25, 0.3) is 0 Å². The van der Waals surface area contributed by atoms with E-state index in [1.165, 1.54) is 12.8 Å². The fourth-order valence-electron chi connectivity index (χ4n) is 1.64. The van der Waals surface area contributed by atoms with Gasteiger partial charge in [0.2, 0.25) is 0 Å². The maximum atomic E-state index is 5.63. The molecule has 18 heavy (non-hydrogen) atoms. The average Bonchev–Trinajstić information content (AvgIpc) is 2.42. The van der Waals surface area contributed by atoms with Gasteiger partial charge in [-0.15, -0.1) is 0 Å². The Kier molecular flexibility index (Phi) is 7.85. The lowest BCUT2D eigenvalue weighted by Gasteiger charge is -2.10. The monoisotopic (exact) mass is 316 g/mol. The highest BCUT2D eigenvalue weighted by molar-refractivity contribution is 9.09. The number of unbranched alkanes of at least 4 members (excludes halogenated alkanes) is 2. The third-order valence-corrected chi connectivity index (χ3v) is 3.20. The zero-order valence-corrected chi connectivity index (χ0v) is 12.7. The standard InChI is InChI=1S/C14H21BrO3/c1-16-13-7-6-12(10-14(13)17-2)11-18-9-5-3-4-8-15/h6-7,10H,3-5,8-9,11H2,1-2H3. The zero-order valence-electron chi connectivity index (χ0n) is 11.1. The van der Waals surface area contributed by atoms with Gasteiger partial charge in [0.1, 0.15) is 0 Å². The van der Waals surface area contributed by atoms with Crippen molar-refractivity contribution >= 4 is 15.9 Å². The minimum atomic E-state index is 0.620. The average molecular weight is 317 g/mol. The second-order valence-corrected chi connectivity index (χ2v) is 4.78. The van der Waals surface area contributed by atoms with Gasteiger partial charge in [-0.3, -0.25) is 0 Å². The molecule has 0 fully saturated rings. The largest absolute Gasteiger partial charge is 0.493 e. The van der Waals surface area contributed by atoms with Crippen LogP contribution in [0.15, 0.2) is 18.2 Å². The minimum absolute atomic E-state index is 0.620. The van der Waals surface area contributed by atoms with Crippen LogP contribution in [-0.4, -0.2) is 26.2 Å². The predicted molar refractivity (Wildman–Crippen MR) is 76.8 cm³/mol. The minimum Gasteiger partial charge on any atom is -0.493 e. The van der Waals surface area contributed by atoms with Gasteiger partial charge in [-0.25, -0.2) is 0 Å². The number of rotatable bonds is 9. The summed E-state index contributed by atoms with van der Waals surface area (Å²) < 4.78 is 16.1. The smallest absolute Gasteiger partial charge is 0.161 e. The molecule has 0 aliphatic rings. The van der Waals surface area contributed by atoms with Crippen LogP contribution in [0.25, 0.3) is 0 Å². The van der Waals surface area contributed by atoms with E-state index >= 15 is 0 Å². The molecule has 0 bridgehead atoms. The highest BCUT2D eigenvalue weighted by Crippen LogP contribution is 2.27. The second-order valence-electron chi connectivity index (χ2n) is 3.99. The molecular weight excluding hydrogens is 296 g/mol. The predicted octanol–water partition coefficient (Wildman–Crippen LogP) is 3.79. The van der Waals surface area contributed by atoms with E-state index < -0.39 is 0 Å². The van der Waals surface area contributed by atoms with Crippen molar-refractivity contribution in [1.82, 2.24) is 0 Å². The molecule has 102 valence electrons. The van der Waals surface area contributed by atoms with Crippen LogP contribution in [0.4, 0.5) is 0 Å². The first kappa shape index (κ1) is 15.3. The van der Waals surface area contributed by atoms with Crippen LogP contribution < -0.4 is 9.47 Å². The fourth-order valence-corrected chi connectivity index (χ4v) is 2.03. The lowest BCUT2D eigenvalue weighted by atomic mass is 10.2. The first-order chi connectivity index (χ1) is 8.81. The number of benzene rings is 1. The number of hydrogen-bond acceptors (Lipinski definition) is 3. The number of methoxy groups -OCH3 is 2. The summed E-state index contributed by atoms with van der Waals surface area (Å²) >= 11 is 3.42. The van der Waals surface area contributed by atoms with Crippen molar-refractivity contribution in [2.75, 3.05) is 26.2 Å². The highest BCUT2D eigenvalue weighted by atomic mass is 79.9. The summed E-state index contributed by atoms with van der Waals surface area (Å²) in [4.78, 5) is 0. The molecule has 0 heterocycles. The van der Waals surface area contributed by atoms with Crippen molar-refractivity contribution in [3.05, 3.63) is 23.8 Å². The molecule has 4 heteroatoms. The quantitative estimate of drug-likeness (QED) is 0.512. The van der Waals surface area contributed by atoms with Gasteiger partial charge in [0.15, 0.2) is 11.5 Å². The topological polar surface area (TPSA) is 27.7 Å². The van der Waals surface area contributed by atoms with Crippen LogP contribution in [0.3, 0.4) is 0 Å². The Morgan fingerprint density at radius 3 is 2.44 bits per heavy atom. The Bertz CT molecular complexity index is 342. The number of halogens is 1. The lowest BCUT2D eigenvalue weighted by Crippen LogP contribution is -1.97. The third-order valence-electron chi connectivity index (χ3n) is 2.64. The third kappa shape index (κ3) is 5.27. The fraction of sp³-hybridized carbons (Fsp3) is 0.571. The number of ether oxygens (including phenoxy) is 3. The summed E-state index contributed by atoms with van der Waals surface area (Å²) in [6.45, 7) is 1.43. The summed E-state index contributed by atoms with van der Waals surface area (Å²) in [6, 6.07) is 5.86. The maximum Gasteiger partial charge on any atom is 0.161 e. The Labute approximate surface area is 118 Å². The summed E-state index contributed by atoms with van der Waals surface area (Å²) in [5.41, 5.74) is 1.10. The molecule has 0 radical (unpaired) electrons. The molecule has 0 unspecified atom stereocenters. The van der Waals surface area contributed by atoms with Crippen molar-refractivity contribution in [3.63, 3.8) is 0 Å². The Hall–Kier alpha value is -0.740. The van der Waals surface area contributed by atoms with Crippen molar-refractivity contribution in [3.8, 4) is 11.5 Å². The summed E-state index contributed by atoms with van der Waals surface area (Å²) in [5.74, 6) is 1.50. The molecule has 1 rings (SSSR count). The van der Waals surface area contributed by atoms with Crippen LogP contribution in [0.1, 0.15) is 24.8 Å². The highest BCUT2D eigenvalue weighted by Gasteiger charge is 2.04. The van der Waals surface area contributed by atoms with Crippen LogP contribution in [-0.2, 0) is 11.3 Å². The van der Waals surface area contributed by atoms with E-state index in [0.29, 0.717) is 6.61 Å². The molecule has 0 saturated carbocycles. The number of hydrogen-bond donors (Lipinski definition) is 0. The van der Waals surface area contributed by atoms with E-state index in [4.69, 9.17) is 14.2 Å².